The fourth-order valence-electron chi connectivity index (χ4n) is 4.26. The monoisotopic (exact) mass is 623 g/mol. The molecule has 4 rings (SSSR count). The number of carbonyl (C=O) groups excluding carboxylic acids is 2. The van der Waals surface area contributed by atoms with Crippen molar-refractivity contribution in [2.75, 3.05) is 13.1 Å². The summed E-state index contributed by atoms with van der Waals surface area (Å²) in [6.45, 7) is 0.342. The van der Waals surface area contributed by atoms with Gasteiger partial charge < -0.3 is 10.2 Å². The highest BCUT2D eigenvalue weighted by Crippen LogP contribution is 2.28. The molecule has 1 aromatic heterocycles. The van der Waals surface area contributed by atoms with Gasteiger partial charge in [-0.05, 0) is 66.9 Å². The van der Waals surface area contributed by atoms with Crippen LogP contribution in [-0.4, -0.2) is 48.5 Å². The van der Waals surface area contributed by atoms with Crippen molar-refractivity contribution in [2.24, 2.45) is 0 Å². The van der Waals surface area contributed by atoms with Gasteiger partial charge in [-0.1, -0.05) is 51.3 Å². The largest absolute Gasteiger partial charge is 0.341 e. The third-order valence-electron chi connectivity index (χ3n) is 6.30. The second-order valence-corrected chi connectivity index (χ2v) is 12.7. The van der Waals surface area contributed by atoms with Crippen LogP contribution in [0.15, 0.2) is 76.2 Å². The van der Waals surface area contributed by atoms with Crippen molar-refractivity contribution in [3.05, 3.63) is 92.6 Å². The molecule has 3 aromatic rings. The number of benzene rings is 2. The van der Waals surface area contributed by atoms with Gasteiger partial charge in [-0.3, -0.25) is 14.6 Å². The number of hydrogen-bond acceptors (Lipinski definition) is 5. The Labute approximate surface area is 234 Å². The van der Waals surface area contributed by atoms with Gasteiger partial charge in [0.2, 0.25) is 0 Å². The lowest BCUT2D eigenvalue weighted by Crippen LogP contribution is -2.49. The number of hydrogen-bond donors (Lipinski definition) is 1. The summed E-state index contributed by atoms with van der Waals surface area (Å²) in [5, 5.41) is 2.90. The smallest absolute Gasteiger partial charge is 0.311 e. The van der Waals surface area contributed by atoms with Gasteiger partial charge in [0.1, 0.15) is 0 Å². The lowest BCUT2D eigenvalue weighted by Gasteiger charge is -2.31. The Balaban J connectivity index is 1.43. The molecule has 11 heteroatoms. The number of rotatable bonds is 6. The van der Waals surface area contributed by atoms with E-state index in [9.17, 15) is 18.0 Å². The number of pyridine rings is 1. The van der Waals surface area contributed by atoms with E-state index in [0.717, 1.165) is 10.2 Å². The third-order valence-corrected chi connectivity index (χ3v) is 9.84. The zero-order chi connectivity index (χ0) is 26.6. The first-order valence-corrected chi connectivity index (χ1v) is 14.7. The average Bonchev–Trinajstić information content (AvgIpc) is 2.90. The minimum atomic E-state index is -3.54. The quantitative estimate of drug-likeness (QED) is 0.389. The van der Waals surface area contributed by atoms with E-state index in [-0.39, 0.29) is 30.8 Å². The number of piperidine rings is 1. The van der Waals surface area contributed by atoms with Gasteiger partial charge in [-0.25, -0.2) is 8.42 Å². The summed E-state index contributed by atoms with van der Waals surface area (Å²) in [4.78, 5) is 32.0. The van der Waals surface area contributed by atoms with Crippen LogP contribution in [0.1, 0.15) is 30.1 Å². The zero-order valence-corrected chi connectivity index (χ0v) is 23.5. The second kappa shape index (κ2) is 11.9. The first kappa shape index (κ1) is 27.6. The van der Waals surface area contributed by atoms with Gasteiger partial charge in [0.15, 0.2) is 9.84 Å². The van der Waals surface area contributed by atoms with Gasteiger partial charge in [0, 0.05) is 35.9 Å². The van der Waals surface area contributed by atoms with E-state index < -0.39 is 32.9 Å². The summed E-state index contributed by atoms with van der Waals surface area (Å²) in [6.07, 6.45) is 2.50. The minimum Gasteiger partial charge on any atom is -0.341 e. The maximum absolute atomic E-state index is 13.0. The maximum Gasteiger partial charge on any atom is 0.311 e. The lowest BCUT2D eigenvalue weighted by atomic mass is 10.0. The van der Waals surface area contributed by atoms with Gasteiger partial charge >= 0.3 is 11.8 Å². The van der Waals surface area contributed by atoms with Gasteiger partial charge in [-0.15, -0.1) is 0 Å². The van der Waals surface area contributed by atoms with Crippen molar-refractivity contribution in [3.63, 3.8) is 0 Å². The van der Waals surface area contributed by atoms with Crippen molar-refractivity contribution in [2.45, 2.75) is 35.4 Å². The highest BCUT2D eigenvalue weighted by atomic mass is 79.9. The van der Waals surface area contributed by atoms with Gasteiger partial charge in [0.05, 0.1) is 26.2 Å². The zero-order valence-electron chi connectivity index (χ0n) is 19.6. The molecule has 1 fully saturated rings. The van der Waals surface area contributed by atoms with Crippen molar-refractivity contribution in [3.8, 4) is 0 Å². The normalized spacial score (nSPS) is 15.3. The summed E-state index contributed by atoms with van der Waals surface area (Å²) in [5.74, 6) is -1.48. The topological polar surface area (TPSA) is 96.4 Å². The molecule has 1 unspecified atom stereocenters. The Kier molecular flexibility index (Phi) is 8.90. The molecule has 7 nitrogen and oxygen atoms in total. The number of sulfone groups is 1. The highest BCUT2D eigenvalue weighted by Gasteiger charge is 2.35. The van der Waals surface area contributed by atoms with Crippen molar-refractivity contribution >= 4 is 60.8 Å². The Bertz CT molecular complexity index is 1380. The van der Waals surface area contributed by atoms with Gasteiger partial charge in [-0.2, -0.15) is 0 Å². The standard InChI is InChI=1S/C26H24BrCl2N3O4S/c27-18-5-7-20(8-6-18)37(35,36)21-10-13-32(14-11-21)26(34)25(33)31-24(16-19-3-1-2-12-30-19)17-4-9-22(28)23(29)15-17/h1-9,12,15,21,24H,10-11,13-14,16H2,(H,31,33). The average molecular weight is 625 g/mol. The first-order chi connectivity index (χ1) is 17.6. The predicted molar refractivity (Wildman–Crippen MR) is 146 cm³/mol. The number of likely N-dealkylation sites (tertiary alicyclic amines) is 1. The molecule has 0 bridgehead atoms. The number of amides is 2. The molecule has 1 atom stereocenters. The Hall–Kier alpha value is -2.46. The molecular weight excluding hydrogens is 601 g/mol. The number of halogens is 3. The summed E-state index contributed by atoms with van der Waals surface area (Å²) >= 11 is 15.6. The van der Waals surface area contributed by atoms with Crippen LogP contribution in [0.5, 0.6) is 0 Å². The van der Waals surface area contributed by atoms with Crippen LogP contribution in [0.25, 0.3) is 0 Å². The van der Waals surface area contributed by atoms with Crippen LogP contribution >= 0.6 is 39.1 Å². The SMILES string of the molecule is O=C(NC(Cc1ccccn1)c1ccc(Cl)c(Cl)c1)C(=O)N1CCC(S(=O)(=O)c2ccc(Br)cc2)CC1. The Morgan fingerprint density at radius 1 is 1.03 bits per heavy atom. The molecule has 0 saturated carbocycles. The molecular formula is C26H24BrCl2N3O4S. The highest BCUT2D eigenvalue weighted by molar-refractivity contribution is 9.10. The van der Waals surface area contributed by atoms with E-state index >= 15 is 0 Å². The molecule has 1 aliphatic heterocycles. The second-order valence-electron chi connectivity index (χ2n) is 8.72. The maximum atomic E-state index is 13.0. The third kappa shape index (κ3) is 6.71. The van der Waals surface area contributed by atoms with E-state index in [1.807, 2.05) is 12.1 Å². The molecule has 0 spiro atoms. The first-order valence-electron chi connectivity index (χ1n) is 11.6. The van der Waals surface area contributed by atoms with Crippen molar-refractivity contribution in [1.29, 1.82) is 0 Å². The van der Waals surface area contributed by atoms with Crippen LogP contribution in [0.2, 0.25) is 10.0 Å². The van der Waals surface area contributed by atoms with E-state index in [1.54, 1.807) is 54.7 Å². The molecule has 2 heterocycles. The number of nitrogens with one attached hydrogen (secondary N) is 1. The summed E-state index contributed by atoms with van der Waals surface area (Å²) in [6, 6.07) is 16.4. The fourth-order valence-corrected chi connectivity index (χ4v) is 6.56. The molecule has 2 aromatic carbocycles. The molecule has 0 aliphatic carbocycles. The molecule has 1 N–H and O–H groups in total. The molecule has 194 valence electrons. The molecule has 1 aliphatic rings. The molecule has 0 radical (unpaired) electrons. The van der Waals surface area contributed by atoms with Crippen molar-refractivity contribution in [1.82, 2.24) is 15.2 Å². The number of nitrogens with zero attached hydrogens (tertiary/aromatic N) is 2. The minimum absolute atomic E-state index is 0.171. The number of carbonyl (C=O) groups is 2. The van der Waals surface area contributed by atoms with Crippen LogP contribution < -0.4 is 5.32 Å². The molecule has 2 amide bonds. The van der Waals surface area contributed by atoms with E-state index in [2.05, 4.69) is 26.2 Å². The predicted octanol–water partition coefficient (Wildman–Crippen LogP) is 5.02. The Morgan fingerprint density at radius 2 is 1.73 bits per heavy atom. The van der Waals surface area contributed by atoms with Crippen LogP contribution in [0.4, 0.5) is 0 Å². The number of aromatic nitrogens is 1. The van der Waals surface area contributed by atoms with Gasteiger partial charge in [0.25, 0.3) is 0 Å². The van der Waals surface area contributed by atoms with Crippen LogP contribution in [0.3, 0.4) is 0 Å². The van der Waals surface area contributed by atoms with Crippen LogP contribution in [-0.2, 0) is 25.8 Å². The summed E-state index contributed by atoms with van der Waals surface area (Å²) < 4.78 is 26.8. The molecule has 37 heavy (non-hydrogen) atoms. The van der Waals surface area contributed by atoms with E-state index in [4.69, 9.17) is 23.2 Å². The molecule has 1 saturated heterocycles. The van der Waals surface area contributed by atoms with Crippen LogP contribution in [0, 0.1) is 0 Å². The summed E-state index contributed by atoms with van der Waals surface area (Å²) in [7, 11) is -3.54. The Morgan fingerprint density at radius 3 is 2.35 bits per heavy atom. The van der Waals surface area contributed by atoms with E-state index in [0.29, 0.717) is 22.0 Å². The van der Waals surface area contributed by atoms with E-state index in [1.165, 1.54) is 4.90 Å². The summed E-state index contributed by atoms with van der Waals surface area (Å²) in [5.41, 5.74) is 1.41. The fraction of sp³-hybridized carbons (Fsp3) is 0.269. The lowest BCUT2D eigenvalue weighted by molar-refractivity contribution is -0.146. The van der Waals surface area contributed by atoms with Crippen molar-refractivity contribution < 1.29 is 18.0 Å².